The molecule has 0 aromatic heterocycles. The fourth-order valence-corrected chi connectivity index (χ4v) is 3.36. The van der Waals surface area contributed by atoms with Crippen LogP contribution in [0.15, 0.2) is 60.2 Å². The third-order valence-electron chi connectivity index (χ3n) is 4.88. The molecular weight excluding hydrogens is 354 g/mol. The maximum Gasteiger partial charge on any atom is 0.341 e. The number of phenols is 1. The molecule has 2 N–H and O–H groups in total. The number of ether oxygens (including phenoxy) is 1. The molecule has 0 aliphatic carbocycles. The molecule has 0 unspecified atom stereocenters. The largest absolute Gasteiger partial charge is 0.508 e. The van der Waals surface area contributed by atoms with Gasteiger partial charge < -0.3 is 15.1 Å². The minimum atomic E-state index is -0.829. The summed E-state index contributed by atoms with van der Waals surface area (Å²) in [5.41, 5.74) is 0.782. The summed E-state index contributed by atoms with van der Waals surface area (Å²) < 4.78 is 5.51. The van der Waals surface area contributed by atoms with Gasteiger partial charge in [0, 0.05) is 0 Å². The highest BCUT2D eigenvalue weighted by molar-refractivity contribution is 5.93. The SMILES string of the molecule is CC1(C)C=C(C(=O)Oc2ccc(/C=C/c3cccc(O)c3)cc2)C(C)(C)N1O. The Kier molecular flexibility index (Phi) is 5.15. The summed E-state index contributed by atoms with van der Waals surface area (Å²) in [7, 11) is 0. The predicted octanol–water partition coefficient (Wildman–Crippen LogP) is 4.66. The van der Waals surface area contributed by atoms with E-state index in [2.05, 4.69) is 0 Å². The zero-order valence-electron chi connectivity index (χ0n) is 16.5. The first-order valence-electron chi connectivity index (χ1n) is 9.11. The van der Waals surface area contributed by atoms with Gasteiger partial charge in [-0.25, -0.2) is 4.79 Å². The third kappa shape index (κ3) is 4.01. The standard InChI is InChI=1S/C23H25NO4/c1-22(2)15-20(23(3,4)24(22)27)21(26)28-19-12-10-16(11-13-19)8-9-17-6-5-7-18(25)14-17/h5-15,25,27H,1-4H3/b9-8+. The lowest BCUT2D eigenvalue weighted by atomic mass is 9.97. The molecule has 3 rings (SSSR count). The summed E-state index contributed by atoms with van der Waals surface area (Å²) in [5.74, 6) is 0.182. The van der Waals surface area contributed by atoms with E-state index >= 15 is 0 Å². The average molecular weight is 379 g/mol. The number of aromatic hydroxyl groups is 1. The Morgan fingerprint density at radius 1 is 1.00 bits per heavy atom. The maximum absolute atomic E-state index is 12.6. The fourth-order valence-electron chi connectivity index (χ4n) is 3.36. The molecule has 5 heteroatoms. The lowest BCUT2D eigenvalue weighted by molar-refractivity contribution is -0.186. The molecule has 2 aromatic carbocycles. The summed E-state index contributed by atoms with van der Waals surface area (Å²) in [5, 5.41) is 21.0. The van der Waals surface area contributed by atoms with Gasteiger partial charge in [0.15, 0.2) is 0 Å². The van der Waals surface area contributed by atoms with Crippen LogP contribution in [0.2, 0.25) is 0 Å². The lowest BCUT2D eigenvalue weighted by Gasteiger charge is -2.35. The first-order chi connectivity index (χ1) is 13.1. The van der Waals surface area contributed by atoms with Crippen molar-refractivity contribution in [2.45, 2.75) is 38.8 Å². The minimum absolute atomic E-state index is 0.221. The van der Waals surface area contributed by atoms with E-state index in [9.17, 15) is 15.1 Å². The molecule has 0 bridgehead atoms. The van der Waals surface area contributed by atoms with Gasteiger partial charge in [-0.1, -0.05) is 42.5 Å². The van der Waals surface area contributed by atoms with Crippen molar-refractivity contribution >= 4 is 18.1 Å². The number of hydroxylamine groups is 2. The second kappa shape index (κ2) is 7.26. The first kappa shape index (κ1) is 19.9. The van der Waals surface area contributed by atoms with Gasteiger partial charge in [-0.15, -0.1) is 0 Å². The van der Waals surface area contributed by atoms with E-state index in [1.165, 1.54) is 5.06 Å². The lowest BCUT2D eigenvalue weighted by Crippen LogP contribution is -2.48. The van der Waals surface area contributed by atoms with Gasteiger partial charge in [-0.05, 0) is 63.1 Å². The van der Waals surface area contributed by atoms with Crippen LogP contribution in [0.1, 0.15) is 38.8 Å². The normalized spacial score (nSPS) is 18.2. The van der Waals surface area contributed by atoms with E-state index in [1.807, 2.05) is 44.2 Å². The van der Waals surface area contributed by atoms with Crippen molar-refractivity contribution in [2.24, 2.45) is 0 Å². The molecule has 1 aliphatic heterocycles. The topological polar surface area (TPSA) is 70.0 Å². The molecule has 28 heavy (non-hydrogen) atoms. The van der Waals surface area contributed by atoms with Crippen molar-refractivity contribution in [3.63, 3.8) is 0 Å². The average Bonchev–Trinajstić information content (AvgIpc) is 2.81. The number of rotatable bonds is 4. The van der Waals surface area contributed by atoms with Crippen molar-refractivity contribution in [3.05, 3.63) is 71.3 Å². The number of carbonyl (C=O) groups excluding carboxylic acids is 1. The molecule has 1 aliphatic rings. The molecule has 0 fully saturated rings. The zero-order valence-corrected chi connectivity index (χ0v) is 16.5. The predicted molar refractivity (Wildman–Crippen MR) is 109 cm³/mol. The second-order valence-corrected chi connectivity index (χ2v) is 7.97. The number of esters is 1. The Hall–Kier alpha value is -2.89. The number of phenolic OH excluding ortho intramolecular Hbond substituents is 1. The molecular formula is C23H25NO4. The van der Waals surface area contributed by atoms with Crippen molar-refractivity contribution in [1.29, 1.82) is 0 Å². The quantitative estimate of drug-likeness (QED) is 0.459. The number of benzene rings is 2. The second-order valence-electron chi connectivity index (χ2n) is 7.97. The Morgan fingerprint density at radius 2 is 1.64 bits per heavy atom. The van der Waals surface area contributed by atoms with Crippen molar-refractivity contribution in [3.8, 4) is 11.5 Å². The maximum atomic E-state index is 12.6. The van der Waals surface area contributed by atoms with E-state index in [4.69, 9.17) is 4.74 Å². The molecule has 5 nitrogen and oxygen atoms in total. The van der Waals surface area contributed by atoms with E-state index < -0.39 is 17.0 Å². The van der Waals surface area contributed by atoms with Crippen molar-refractivity contribution in [1.82, 2.24) is 5.06 Å². The van der Waals surface area contributed by atoms with Crippen molar-refractivity contribution < 1.29 is 19.8 Å². The first-order valence-corrected chi connectivity index (χ1v) is 9.11. The molecule has 0 radical (unpaired) electrons. The van der Waals surface area contributed by atoms with E-state index in [1.54, 1.807) is 50.3 Å². The Morgan fingerprint density at radius 3 is 2.21 bits per heavy atom. The molecule has 1 heterocycles. The van der Waals surface area contributed by atoms with Gasteiger partial charge in [0.1, 0.15) is 11.5 Å². The van der Waals surface area contributed by atoms with Gasteiger partial charge in [0.25, 0.3) is 0 Å². The van der Waals surface area contributed by atoms with Gasteiger partial charge in [0.2, 0.25) is 0 Å². The number of carbonyl (C=O) groups is 1. The van der Waals surface area contributed by atoms with Crippen LogP contribution in [0.4, 0.5) is 0 Å². The molecule has 0 amide bonds. The molecule has 146 valence electrons. The van der Waals surface area contributed by atoms with Crippen LogP contribution in [0.25, 0.3) is 12.2 Å². The van der Waals surface area contributed by atoms with Gasteiger partial charge in [-0.3, -0.25) is 0 Å². The van der Waals surface area contributed by atoms with Crippen LogP contribution in [0, 0.1) is 0 Å². The monoisotopic (exact) mass is 379 g/mol. The zero-order chi connectivity index (χ0) is 20.5. The van der Waals surface area contributed by atoms with E-state index in [0.717, 1.165) is 11.1 Å². The van der Waals surface area contributed by atoms with Gasteiger partial charge in [0.05, 0.1) is 16.7 Å². The highest BCUT2D eigenvalue weighted by Gasteiger charge is 2.48. The Balaban J connectivity index is 1.70. The molecule has 0 saturated carbocycles. The molecule has 0 spiro atoms. The van der Waals surface area contributed by atoms with Crippen LogP contribution < -0.4 is 4.74 Å². The Bertz CT molecular complexity index is 939. The number of nitrogens with zero attached hydrogens (tertiary/aromatic N) is 1. The van der Waals surface area contributed by atoms with Crippen LogP contribution in [0.5, 0.6) is 11.5 Å². The van der Waals surface area contributed by atoms with E-state index in [0.29, 0.717) is 11.3 Å². The summed E-state index contributed by atoms with van der Waals surface area (Å²) in [6, 6.07) is 14.1. The summed E-state index contributed by atoms with van der Waals surface area (Å²) in [6.45, 7) is 7.24. The molecule has 0 saturated heterocycles. The molecule has 2 aromatic rings. The minimum Gasteiger partial charge on any atom is -0.508 e. The van der Waals surface area contributed by atoms with Crippen LogP contribution in [-0.4, -0.2) is 32.4 Å². The Labute approximate surface area is 165 Å². The smallest absolute Gasteiger partial charge is 0.341 e. The van der Waals surface area contributed by atoms with Crippen LogP contribution in [-0.2, 0) is 4.79 Å². The summed E-state index contributed by atoms with van der Waals surface area (Å²) in [6.07, 6.45) is 5.54. The number of hydrogen-bond donors (Lipinski definition) is 2. The highest BCUT2D eigenvalue weighted by Crippen LogP contribution is 2.38. The fraction of sp³-hybridized carbons (Fsp3) is 0.261. The van der Waals surface area contributed by atoms with Crippen LogP contribution in [0.3, 0.4) is 0 Å². The summed E-state index contributed by atoms with van der Waals surface area (Å²) in [4.78, 5) is 12.6. The molecule has 0 atom stereocenters. The van der Waals surface area contributed by atoms with Gasteiger partial charge >= 0.3 is 5.97 Å². The highest BCUT2D eigenvalue weighted by atomic mass is 16.5. The number of hydrogen-bond acceptors (Lipinski definition) is 5. The summed E-state index contributed by atoms with van der Waals surface area (Å²) >= 11 is 0. The third-order valence-corrected chi connectivity index (χ3v) is 4.88. The van der Waals surface area contributed by atoms with Crippen molar-refractivity contribution in [2.75, 3.05) is 0 Å². The van der Waals surface area contributed by atoms with Crippen LogP contribution >= 0.6 is 0 Å². The van der Waals surface area contributed by atoms with E-state index in [-0.39, 0.29) is 5.75 Å². The van der Waals surface area contributed by atoms with Gasteiger partial charge in [-0.2, -0.15) is 5.06 Å².